The number of hydrogen-bond donors (Lipinski definition) is 0. The number of rotatable bonds is 4. The van der Waals surface area contributed by atoms with Crippen LogP contribution in [0, 0.1) is 3.57 Å². The van der Waals surface area contributed by atoms with E-state index in [9.17, 15) is 4.79 Å². The third kappa shape index (κ3) is 2.27. The average Bonchev–Trinajstić information content (AvgIpc) is 2.55. The van der Waals surface area contributed by atoms with Crippen LogP contribution in [0.5, 0.6) is 0 Å². The van der Waals surface area contributed by atoms with Gasteiger partial charge in [0.25, 0.3) is 0 Å². The van der Waals surface area contributed by atoms with Gasteiger partial charge in [-0.1, -0.05) is 13.8 Å². The maximum absolute atomic E-state index is 12.3. The highest BCUT2D eigenvalue weighted by Crippen LogP contribution is 2.17. The van der Waals surface area contributed by atoms with E-state index < -0.39 is 0 Å². The van der Waals surface area contributed by atoms with Crippen LogP contribution in [0.25, 0.3) is 11.0 Å². The van der Waals surface area contributed by atoms with Gasteiger partial charge in [0, 0.05) is 16.7 Å². The summed E-state index contributed by atoms with van der Waals surface area (Å²) < 4.78 is 4.96. The van der Waals surface area contributed by atoms with E-state index in [0.29, 0.717) is 0 Å². The zero-order valence-electron chi connectivity index (χ0n) is 10.2. The van der Waals surface area contributed by atoms with Crippen LogP contribution in [-0.2, 0) is 13.1 Å². The van der Waals surface area contributed by atoms with E-state index in [1.54, 1.807) is 0 Å². The zero-order valence-corrected chi connectivity index (χ0v) is 12.4. The van der Waals surface area contributed by atoms with Gasteiger partial charge in [0.1, 0.15) is 0 Å². The molecule has 0 fully saturated rings. The lowest BCUT2D eigenvalue weighted by Gasteiger charge is -2.00. The van der Waals surface area contributed by atoms with E-state index in [-0.39, 0.29) is 5.69 Å². The second kappa shape index (κ2) is 5.25. The molecule has 0 bridgehead atoms. The Morgan fingerprint density at radius 2 is 1.65 bits per heavy atom. The summed E-state index contributed by atoms with van der Waals surface area (Å²) >= 11 is 2.29. The molecular weight excluding hydrogens is 327 g/mol. The zero-order chi connectivity index (χ0) is 12.4. The lowest BCUT2D eigenvalue weighted by molar-refractivity contribution is 0.607. The lowest BCUT2D eigenvalue weighted by atomic mass is 10.3. The summed E-state index contributed by atoms with van der Waals surface area (Å²) in [6.07, 6.45) is 1.97. The fraction of sp³-hybridized carbons (Fsp3) is 0.462. The predicted molar refractivity (Wildman–Crippen MR) is 79.5 cm³/mol. The number of benzene rings is 1. The van der Waals surface area contributed by atoms with Crippen molar-refractivity contribution >= 4 is 33.6 Å². The fourth-order valence-electron chi connectivity index (χ4n) is 2.17. The molecule has 0 saturated heterocycles. The highest BCUT2D eigenvalue weighted by molar-refractivity contribution is 14.1. The minimum atomic E-state index is 0.130. The summed E-state index contributed by atoms with van der Waals surface area (Å²) in [5.74, 6) is 0. The van der Waals surface area contributed by atoms with Crippen LogP contribution in [0.1, 0.15) is 26.7 Å². The number of nitrogens with zero attached hydrogens (tertiary/aromatic N) is 2. The fourth-order valence-corrected chi connectivity index (χ4v) is 2.65. The smallest absolute Gasteiger partial charge is 0.292 e. The molecule has 0 aliphatic heterocycles. The first-order valence-electron chi connectivity index (χ1n) is 6.07. The van der Waals surface area contributed by atoms with Crippen molar-refractivity contribution in [2.75, 3.05) is 0 Å². The molecule has 1 aromatic heterocycles. The van der Waals surface area contributed by atoms with E-state index in [0.717, 1.165) is 37.0 Å². The Bertz CT molecular complexity index is 583. The van der Waals surface area contributed by atoms with Gasteiger partial charge < -0.3 is 0 Å². The SMILES string of the molecule is CCCn1c(=O)n(CCC)c2cc(I)ccc21. The molecule has 0 N–H and O–H groups in total. The molecule has 17 heavy (non-hydrogen) atoms. The maximum Gasteiger partial charge on any atom is 0.329 e. The van der Waals surface area contributed by atoms with Crippen molar-refractivity contribution in [2.45, 2.75) is 39.8 Å². The molecule has 3 nitrogen and oxygen atoms in total. The molecule has 4 heteroatoms. The van der Waals surface area contributed by atoms with E-state index in [2.05, 4.69) is 54.6 Å². The van der Waals surface area contributed by atoms with E-state index in [1.165, 1.54) is 3.57 Å². The Balaban J connectivity index is 2.73. The van der Waals surface area contributed by atoms with Crippen molar-refractivity contribution in [2.24, 2.45) is 0 Å². The van der Waals surface area contributed by atoms with Crippen molar-refractivity contribution in [1.29, 1.82) is 0 Å². The molecule has 2 rings (SSSR count). The first-order valence-corrected chi connectivity index (χ1v) is 7.15. The second-order valence-corrected chi connectivity index (χ2v) is 5.46. The Hall–Kier alpha value is -0.780. The van der Waals surface area contributed by atoms with Crippen LogP contribution in [0.3, 0.4) is 0 Å². The topological polar surface area (TPSA) is 26.9 Å². The Morgan fingerprint density at radius 1 is 1.06 bits per heavy atom. The molecule has 0 aliphatic rings. The molecular formula is C13H17IN2O. The van der Waals surface area contributed by atoms with E-state index in [4.69, 9.17) is 0 Å². The third-order valence-electron chi connectivity index (χ3n) is 2.88. The molecule has 1 aromatic carbocycles. The van der Waals surface area contributed by atoms with Gasteiger partial charge in [-0.2, -0.15) is 0 Å². The largest absolute Gasteiger partial charge is 0.329 e. The Morgan fingerprint density at radius 3 is 2.24 bits per heavy atom. The van der Waals surface area contributed by atoms with Gasteiger partial charge in [0.05, 0.1) is 11.0 Å². The second-order valence-electron chi connectivity index (χ2n) is 4.22. The quantitative estimate of drug-likeness (QED) is 0.783. The Kier molecular flexibility index (Phi) is 3.91. The van der Waals surface area contributed by atoms with Gasteiger partial charge in [-0.15, -0.1) is 0 Å². The van der Waals surface area contributed by atoms with Crippen LogP contribution in [-0.4, -0.2) is 9.13 Å². The monoisotopic (exact) mass is 344 g/mol. The number of halogens is 1. The van der Waals surface area contributed by atoms with Gasteiger partial charge in [-0.05, 0) is 53.6 Å². The summed E-state index contributed by atoms with van der Waals surface area (Å²) in [6, 6.07) is 6.21. The van der Waals surface area contributed by atoms with Gasteiger partial charge in [0.2, 0.25) is 0 Å². The Labute approximate surface area is 115 Å². The summed E-state index contributed by atoms with van der Waals surface area (Å²) in [5.41, 5.74) is 2.26. The van der Waals surface area contributed by atoms with Crippen LogP contribution < -0.4 is 5.69 Å². The highest BCUT2D eigenvalue weighted by Gasteiger charge is 2.11. The van der Waals surface area contributed by atoms with Gasteiger partial charge in [-0.25, -0.2) is 4.79 Å². The van der Waals surface area contributed by atoms with Gasteiger partial charge >= 0.3 is 5.69 Å². The summed E-state index contributed by atoms with van der Waals surface area (Å²) in [7, 11) is 0. The predicted octanol–water partition coefficient (Wildman–Crippen LogP) is 3.23. The highest BCUT2D eigenvalue weighted by atomic mass is 127. The van der Waals surface area contributed by atoms with E-state index in [1.807, 2.05) is 9.13 Å². The molecule has 1 heterocycles. The molecule has 92 valence electrons. The number of imidazole rings is 1. The van der Waals surface area contributed by atoms with Crippen molar-refractivity contribution < 1.29 is 0 Å². The van der Waals surface area contributed by atoms with Crippen LogP contribution in [0.4, 0.5) is 0 Å². The summed E-state index contributed by atoms with van der Waals surface area (Å²) in [5, 5.41) is 0. The minimum Gasteiger partial charge on any atom is -0.292 e. The normalized spacial score (nSPS) is 11.2. The van der Waals surface area contributed by atoms with Crippen LogP contribution in [0.15, 0.2) is 23.0 Å². The number of fused-ring (bicyclic) bond motifs is 1. The summed E-state index contributed by atoms with van der Waals surface area (Å²) in [6.45, 7) is 5.80. The van der Waals surface area contributed by atoms with Gasteiger partial charge in [0.15, 0.2) is 0 Å². The molecule has 0 amide bonds. The standard InChI is InChI=1S/C13H17IN2O/c1-3-7-15-11-6-5-10(14)9-12(11)16(8-4-2)13(15)17/h5-6,9H,3-4,7-8H2,1-2H3. The molecule has 2 aromatic rings. The van der Waals surface area contributed by atoms with Crippen molar-refractivity contribution in [3.8, 4) is 0 Å². The van der Waals surface area contributed by atoms with Crippen LogP contribution >= 0.6 is 22.6 Å². The van der Waals surface area contributed by atoms with Crippen molar-refractivity contribution in [3.05, 3.63) is 32.3 Å². The molecule has 0 unspecified atom stereocenters. The molecule has 0 spiro atoms. The average molecular weight is 344 g/mol. The molecule has 0 radical (unpaired) electrons. The number of aryl methyl sites for hydroxylation is 2. The van der Waals surface area contributed by atoms with Crippen molar-refractivity contribution in [3.63, 3.8) is 0 Å². The molecule has 0 atom stereocenters. The first kappa shape index (κ1) is 12.7. The third-order valence-corrected chi connectivity index (χ3v) is 3.55. The minimum absolute atomic E-state index is 0.130. The lowest BCUT2D eigenvalue weighted by Crippen LogP contribution is -2.24. The molecule has 0 aliphatic carbocycles. The number of hydrogen-bond acceptors (Lipinski definition) is 1. The summed E-state index contributed by atoms with van der Waals surface area (Å²) in [4.78, 5) is 12.3. The van der Waals surface area contributed by atoms with Crippen molar-refractivity contribution in [1.82, 2.24) is 9.13 Å². The van der Waals surface area contributed by atoms with Crippen LogP contribution in [0.2, 0.25) is 0 Å². The first-order chi connectivity index (χ1) is 8.19. The van der Waals surface area contributed by atoms with E-state index >= 15 is 0 Å². The maximum atomic E-state index is 12.3. The number of aromatic nitrogens is 2. The molecule has 0 saturated carbocycles. The van der Waals surface area contributed by atoms with Gasteiger partial charge in [-0.3, -0.25) is 9.13 Å².